The van der Waals surface area contributed by atoms with E-state index < -0.39 is 21.7 Å². The van der Waals surface area contributed by atoms with Crippen molar-refractivity contribution in [1.29, 1.82) is 0 Å². The third kappa shape index (κ3) is 4.72. The number of aromatic nitrogens is 2. The van der Waals surface area contributed by atoms with E-state index >= 15 is 0 Å². The molecule has 1 aromatic heterocycles. The highest BCUT2D eigenvalue weighted by Crippen LogP contribution is 2.27. The normalized spacial score (nSPS) is 20.1. The van der Waals surface area contributed by atoms with Gasteiger partial charge in [0.05, 0.1) is 24.5 Å². The summed E-state index contributed by atoms with van der Waals surface area (Å²) >= 11 is 0. The molecule has 1 fully saturated rings. The van der Waals surface area contributed by atoms with Crippen molar-refractivity contribution in [1.82, 2.24) is 14.9 Å². The Morgan fingerprint density at radius 2 is 2.07 bits per heavy atom. The van der Waals surface area contributed by atoms with E-state index in [0.717, 1.165) is 5.56 Å². The molecule has 1 saturated heterocycles. The highest BCUT2D eigenvalue weighted by Gasteiger charge is 2.35. The van der Waals surface area contributed by atoms with Crippen molar-refractivity contribution < 1.29 is 22.7 Å². The largest absolute Gasteiger partial charge is 0.444 e. The second-order valence-electron chi connectivity index (χ2n) is 7.88. The van der Waals surface area contributed by atoms with Crippen LogP contribution in [0.5, 0.6) is 0 Å². The number of anilines is 1. The van der Waals surface area contributed by atoms with Crippen LogP contribution in [-0.4, -0.2) is 53.2 Å². The van der Waals surface area contributed by atoms with Crippen molar-refractivity contribution in [3.05, 3.63) is 17.5 Å². The van der Waals surface area contributed by atoms with Gasteiger partial charge in [-0.2, -0.15) is 0 Å². The van der Waals surface area contributed by atoms with Crippen molar-refractivity contribution in [2.24, 2.45) is 11.1 Å². The molecule has 3 rings (SSSR count). The monoisotopic (exact) mass is 397 g/mol. The Balaban J connectivity index is 1.71. The van der Waals surface area contributed by atoms with Crippen LogP contribution in [0.3, 0.4) is 0 Å². The van der Waals surface area contributed by atoms with Crippen LogP contribution in [0.1, 0.15) is 38.4 Å². The van der Waals surface area contributed by atoms with Gasteiger partial charge in [0.25, 0.3) is 0 Å². The van der Waals surface area contributed by atoms with Gasteiger partial charge in [0.15, 0.2) is 0 Å². The predicted molar refractivity (Wildman–Crippen MR) is 95.9 cm³/mol. The fraction of sp³-hybridized carbons (Fsp3) is 0.625. The van der Waals surface area contributed by atoms with E-state index in [9.17, 15) is 18.0 Å². The van der Waals surface area contributed by atoms with Crippen LogP contribution in [0, 0.1) is 5.92 Å². The number of carbonyl (C=O) groups excluding carboxylic acids is 2. The van der Waals surface area contributed by atoms with Crippen LogP contribution in [0.4, 0.5) is 10.7 Å². The number of nitrogens with two attached hydrogens (primary N) is 1. The average Bonchev–Trinajstić information content (AvgIpc) is 3.06. The van der Waals surface area contributed by atoms with Crippen molar-refractivity contribution in [2.75, 3.05) is 17.2 Å². The summed E-state index contributed by atoms with van der Waals surface area (Å²) in [6.45, 7) is 6.19. The molecule has 10 nitrogen and oxygen atoms in total. The summed E-state index contributed by atoms with van der Waals surface area (Å²) in [6.07, 6.45) is 1.23. The Labute approximate surface area is 157 Å². The van der Waals surface area contributed by atoms with E-state index in [2.05, 4.69) is 9.97 Å². The summed E-state index contributed by atoms with van der Waals surface area (Å²) in [4.78, 5) is 36.0. The van der Waals surface area contributed by atoms with Crippen molar-refractivity contribution in [3.63, 3.8) is 0 Å². The fourth-order valence-corrected chi connectivity index (χ4v) is 4.02. The minimum absolute atomic E-state index is 0.0842. The highest BCUT2D eigenvalue weighted by molar-refractivity contribution is 7.89. The number of carbonyl (C=O) groups is 2. The number of ether oxygens (including phenoxy) is 1. The number of fused-ring (bicyclic) bond motifs is 1. The Morgan fingerprint density at radius 3 is 2.70 bits per heavy atom. The molecule has 1 aromatic rings. The van der Waals surface area contributed by atoms with Crippen LogP contribution in [-0.2, 0) is 32.6 Å². The van der Waals surface area contributed by atoms with Crippen LogP contribution in [0.25, 0.3) is 0 Å². The molecule has 0 aromatic carbocycles. The molecule has 3 heterocycles. The molecule has 2 amide bonds. The van der Waals surface area contributed by atoms with Crippen LogP contribution < -0.4 is 10.0 Å². The Hall–Kier alpha value is -2.27. The molecule has 2 N–H and O–H groups in total. The number of primary sulfonamides is 1. The molecule has 0 radical (unpaired) electrons. The van der Waals surface area contributed by atoms with Crippen LogP contribution >= 0.6 is 0 Å². The quantitative estimate of drug-likeness (QED) is 0.778. The van der Waals surface area contributed by atoms with Gasteiger partial charge in [-0.3, -0.25) is 14.6 Å². The minimum atomic E-state index is -3.66. The first-order valence-electron chi connectivity index (χ1n) is 8.55. The molecule has 148 valence electrons. The summed E-state index contributed by atoms with van der Waals surface area (Å²) in [5.41, 5.74) is 0.842. The van der Waals surface area contributed by atoms with E-state index in [1.165, 1.54) is 9.80 Å². The number of hydrogen-bond acceptors (Lipinski definition) is 7. The molecule has 2 aliphatic rings. The third-order valence-corrected chi connectivity index (χ3v) is 5.15. The van der Waals surface area contributed by atoms with Gasteiger partial charge in [0.1, 0.15) is 5.60 Å². The first kappa shape index (κ1) is 19.5. The second-order valence-corrected chi connectivity index (χ2v) is 9.54. The molecule has 27 heavy (non-hydrogen) atoms. The van der Waals surface area contributed by atoms with Gasteiger partial charge in [0.2, 0.25) is 21.9 Å². The Kier molecular flexibility index (Phi) is 4.85. The van der Waals surface area contributed by atoms with Gasteiger partial charge in [-0.05, 0) is 20.8 Å². The lowest BCUT2D eigenvalue weighted by molar-refractivity contribution is -0.117. The van der Waals surface area contributed by atoms with Crippen molar-refractivity contribution in [3.8, 4) is 0 Å². The van der Waals surface area contributed by atoms with Gasteiger partial charge in [-0.1, -0.05) is 0 Å². The number of rotatable bonds is 3. The maximum atomic E-state index is 12.2. The molecule has 0 saturated carbocycles. The lowest BCUT2D eigenvalue weighted by atomic mass is 10.1. The van der Waals surface area contributed by atoms with E-state index in [4.69, 9.17) is 9.88 Å². The summed E-state index contributed by atoms with van der Waals surface area (Å²) in [7, 11) is -3.66. The SMILES string of the molecule is CC(C)(C)OC(=O)N1Cc2cnc(N3CC(CS(N)(=O)=O)CC3=O)nc2C1. The Bertz CT molecular complexity index is 880. The topological polar surface area (TPSA) is 136 Å². The standard InChI is InChI=1S/C16H23N5O5S/c1-16(2,3)26-15(23)20-7-11-5-18-14(19-12(11)8-20)21-6-10(4-13(21)22)9-27(17,24)25/h5,10H,4,6-9H2,1-3H3,(H2,17,24,25). The van der Waals surface area contributed by atoms with Crippen LogP contribution in [0.2, 0.25) is 0 Å². The summed E-state index contributed by atoms with van der Waals surface area (Å²) in [5, 5.41) is 5.07. The van der Waals surface area contributed by atoms with Gasteiger partial charge in [-0.25, -0.2) is 28.3 Å². The van der Waals surface area contributed by atoms with Gasteiger partial charge >= 0.3 is 6.09 Å². The maximum absolute atomic E-state index is 12.2. The molecule has 11 heteroatoms. The van der Waals surface area contributed by atoms with E-state index in [-0.39, 0.29) is 43.0 Å². The zero-order valence-corrected chi connectivity index (χ0v) is 16.3. The molecular weight excluding hydrogens is 374 g/mol. The first-order valence-corrected chi connectivity index (χ1v) is 10.3. The number of nitrogens with zero attached hydrogens (tertiary/aromatic N) is 4. The summed E-state index contributed by atoms with van der Waals surface area (Å²) in [6, 6.07) is 0. The second kappa shape index (κ2) is 6.71. The van der Waals surface area contributed by atoms with Crippen molar-refractivity contribution >= 4 is 28.0 Å². The number of sulfonamides is 1. The molecule has 1 unspecified atom stereocenters. The first-order chi connectivity index (χ1) is 12.4. The van der Waals surface area contributed by atoms with E-state index in [0.29, 0.717) is 12.2 Å². The van der Waals surface area contributed by atoms with E-state index in [1.54, 1.807) is 27.0 Å². The Morgan fingerprint density at radius 1 is 1.37 bits per heavy atom. The zero-order chi connectivity index (χ0) is 20.0. The molecular formula is C16H23N5O5S. The lowest BCUT2D eigenvalue weighted by Crippen LogP contribution is -2.33. The maximum Gasteiger partial charge on any atom is 0.410 e. The summed E-state index contributed by atoms with van der Waals surface area (Å²) in [5.74, 6) is -0.679. The molecule has 2 aliphatic heterocycles. The van der Waals surface area contributed by atoms with Gasteiger partial charge in [0, 0.05) is 30.6 Å². The van der Waals surface area contributed by atoms with E-state index in [1.807, 2.05) is 0 Å². The van der Waals surface area contributed by atoms with Gasteiger partial charge in [-0.15, -0.1) is 0 Å². The molecule has 0 aliphatic carbocycles. The number of hydrogen-bond donors (Lipinski definition) is 1. The average molecular weight is 397 g/mol. The smallest absolute Gasteiger partial charge is 0.410 e. The predicted octanol–water partition coefficient (Wildman–Crippen LogP) is 0.369. The fourth-order valence-electron chi connectivity index (χ4n) is 3.14. The molecule has 0 bridgehead atoms. The van der Waals surface area contributed by atoms with Crippen molar-refractivity contribution in [2.45, 2.75) is 45.9 Å². The van der Waals surface area contributed by atoms with Gasteiger partial charge < -0.3 is 4.74 Å². The highest BCUT2D eigenvalue weighted by atomic mass is 32.2. The minimum Gasteiger partial charge on any atom is -0.444 e. The molecule has 1 atom stereocenters. The zero-order valence-electron chi connectivity index (χ0n) is 15.5. The number of amides is 2. The summed E-state index contributed by atoms with van der Waals surface area (Å²) < 4.78 is 27.9. The molecule has 0 spiro atoms. The lowest BCUT2D eigenvalue weighted by Gasteiger charge is -2.23. The third-order valence-electron chi connectivity index (χ3n) is 4.21. The van der Waals surface area contributed by atoms with Crippen LogP contribution in [0.15, 0.2) is 6.20 Å².